The average molecular weight is 300 g/mol. The van der Waals surface area contributed by atoms with Crippen LogP contribution in [0.3, 0.4) is 0 Å². The number of pyridine rings is 1. The Bertz CT molecular complexity index is 614. The molecule has 0 unspecified atom stereocenters. The molecule has 0 spiro atoms. The first-order valence-electron chi connectivity index (χ1n) is 8.28. The highest BCUT2D eigenvalue weighted by Crippen LogP contribution is 2.16. The number of rotatable bonds is 5. The SMILES string of the molecule is O=C(NCCNC1CCCCCC1)c1cnn2ccccc12. The second kappa shape index (κ2) is 7.40. The Kier molecular flexibility index (Phi) is 5.06. The van der Waals surface area contributed by atoms with Gasteiger partial charge in [0.2, 0.25) is 0 Å². The molecule has 0 aliphatic heterocycles. The minimum absolute atomic E-state index is 0.0520. The van der Waals surface area contributed by atoms with Crippen molar-refractivity contribution in [1.29, 1.82) is 0 Å². The lowest BCUT2D eigenvalue weighted by molar-refractivity contribution is 0.0955. The van der Waals surface area contributed by atoms with Crippen LogP contribution in [0.1, 0.15) is 48.9 Å². The first kappa shape index (κ1) is 15.0. The normalized spacial score (nSPS) is 16.5. The van der Waals surface area contributed by atoms with Crippen LogP contribution in [0.15, 0.2) is 30.6 Å². The number of aromatic nitrogens is 2. The maximum atomic E-state index is 12.2. The van der Waals surface area contributed by atoms with Crippen LogP contribution < -0.4 is 10.6 Å². The van der Waals surface area contributed by atoms with Crippen LogP contribution >= 0.6 is 0 Å². The number of hydrogen-bond acceptors (Lipinski definition) is 3. The summed E-state index contributed by atoms with van der Waals surface area (Å²) in [6.45, 7) is 1.48. The fourth-order valence-corrected chi connectivity index (χ4v) is 3.14. The van der Waals surface area contributed by atoms with Crippen molar-refractivity contribution >= 4 is 11.4 Å². The van der Waals surface area contributed by atoms with Crippen LogP contribution in [0.2, 0.25) is 0 Å². The third kappa shape index (κ3) is 3.65. The first-order chi connectivity index (χ1) is 10.8. The number of amides is 1. The van der Waals surface area contributed by atoms with Gasteiger partial charge in [0.15, 0.2) is 0 Å². The van der Waals surface area contributed by atoms with Gasteiger partial charge in [-0.3, -0.25) is 4.79 Å². The van der Waals surface area contributed by atoms with E-state index in [4.69, 9.17) is 0 Å². The van der Waals surface area contributed by atoms with E-state index in [0.29, 0.717) is 18.2 Å². The lowest BCUT2D eigenvalue weighted by Gasteiger charge is -2.16. The van der Waals surface area contributed by atoms with E-state index in [1.54, 1.807) is 10.7 Å². The highest BCUT2D eigenvalue weighted by atomic mass is 16.1. The molecular formula is C17H24N4O. The van der Waals surface area contributed by atoms with Crippen molar-refractivity contribution in [3.8, 4) is 0 Å². The molecule has 5 nitrogen and oxygen atoms in total. The molecule has 0 atom stereocenters. The van der Waals surface area contributed by atoms with Gasteiger partial charge in [-0.15, -0.1) is 0 Å². The van der Waals surface area contributed by atoms with Gasteiger partial charge in [0.25, 0.3) is 5.91 Å². The smallest absolute Gasteiger partial charge is 0.255 e. The summed E-state index contributed by atoms with van der Waals surface area (Å²) in [4.78, 5) is 12.2. The average Bonchev–Trinajstić information content (AvgIpc) is 2.80. The van der Waals surface area contributed by atoms with Gasteiger partial charge in [-0.25, -0.2) is 4.52 Å². The zero-order valence-electron chi connectivity index (χ0n) is 12.9. The van der Waals surface area contributed by atoms with Gasteiger partial charge in [-0.1, -0.05) is 31.7 Å². The van der Waals surface area contributed by atoms with E-state index in [1.165, 1.54) is 38.5 Å². The number of fused-ring (bicyclic) bond motifs is 1. The second-order valence-electron chi connectivity index (χ2n) is 5.99. The van der Waals surface area contributed by atoms with Gasteiger partial charge in [0.05, 0.1) is 17.3 Å². The standard InChI is InChI=1S/C17H24N4O/c22-17(15-13-20-21-12-6-5-9-16(15)21)19-11-10-18-14-7-3-1-2-4-8-14/h5-6,9,12-14,18H,1-4,7-8,10-11H2,(H,19,22). The molecule has 2 heterocycles. The molecule has 2 aromatic heterocycles. The monoisotopic (exact) mass is 300 g/mol. The highest BCUT2D eigenvalue weighted by Gasteiger charge is 2.13. The summed E-state index contributed by atoms with van der Waals surface area (Å²) in [5.74, 6) is -0.0520. The summed E-state index contributed by atoms with van der Waals surface area (Å²) in [6.07, 6.45) is 11.4. The molecular weight excluding hydrogens is 276 g/mol. The fraction of sp³-hybridized carbons (Fsp3) is 0.529. The third-order valence-electron chi connectivity index (χ3n) is 4.37. The van der Waals surface area contributed by atoms with Crippen molar-refractivity contribution in [3.63, 3.8) is 0 Å². The van der Waals surface area contributed by atoms with E-state index in [0.717, 1.165) is 12.1 Å². The summed E-state index contributed by atoms with van der Waals surface area (Å²) in [5.41, 5.74) is 1.48. The van der Waals surface area contributed by atoms with Crippen molar-refractivity contribution in [2.45, 2.75) is 44.6 Å². The van der Waals surface area contributed by atoms with E-state index >= 15 is 0 Å². The van der Waals surface area contributed by atoms with E-state index in [9.17, 15) is 4.79 Å². The maximum Gasteiger partial charge on any atom is 0.255 e. The van der Waals surface area contributed by atoms with Gasteiger partial charge >= 0.3 is 0 Å². The molecule has 1 saturated carbocycles. The van der Waals surface area contributed by atoms with E-state index in [1.807, 2.05) is 24.4 Å². The third-order valence-corrected chi connectivity index (χ3v) is 4.37. The van der Waals surface area contributed by atoms with Gasteiger partial charge in [0, 0.05) is 25.3 Å². The van der Waals surface area contributed by atoms with E-state index in [-0.39, 0.29) is 5.91 Å². The zero-order chi connectivity index (χ0) is 15.2. The summed E-state index contributed by atoms with van der Waals surface area (Å²) in [7, 11) is 0. The van der Waals surface area contributed by atoms with Crippen LogP contribution in [0.25, 0.3) is 5.52 Å². The van der Waals surface area contributed by atoms with E-state index < -0.39 is 0 Å². The van der Waals surface area contributed by atoms with Gasteiger partial charge < -0.3 is 10.6 Å². The first-order valence-corrected chi connectivity index (χ1v) is 8.28. The molecule has 0 saturated heterocycles. The van der Waals surface area contributed by atoms with Crippen molar-refractivity contribution in [2.75, 3.05) is 13.1 Å². The van der Waals surface area contributed by atoms with Gasteiger partial charge in [0.1, 0.15) is 0 Å². The number of carbonyl (C=O) groups is 1. The Morgan fingerprint density at radius 3 is 2.82 bits per heavy atom. The fourth-order valence-electron chi connectivity index (χ4n) is 3.14. The predicted octanol–water partition coefficient (Wildman–Crippen LogP) is 2.38. The minimum Gasteiger partial charge on any atom is -0.351 e. The molecule has 3 rings (SSSR count). The molecule has 1 aliphatic rings. The Hall–Kier alpha value is -1.88. The van der Waals surface area contributed by atoms with Crippen molar-refractivity contribution in [2.24, 2.45) is 0 Å². The predicted molar refractivity (Wildman–Crippen MR) is 87.0 cm³/mol. The number of nitrogens with zero attached hydrogens (tertiary/aromatic N) is 2. The van der Waals surface area contributed by atoms with Crippen LogP contribution in [-0.2, 0) is 0 Å². The van der Waals surface area contributed by atoms with Gasteiger partial charge in [-0.2, -0.15) is 5.10 Å². The summed E-state index contributed by atoms with van der Waals surface area (Å²) < 4.78 is 1.72. The number of nitrogens with one attached hydrogen (secondary N) is 2. The summed E-state index contributed by atoms with van der Waals surface area (Å²) in [6, 6.07) is 6.35. The molecule has 1 aliphatic carbocycles. The molecule has 2 N–H and O–H groups in total. The van der Waals surface area contributed by atoms with Crippen LogP contribution in [0.4, 0.5) is 0 Å². The Labute approximate surface area is 131 Å². The summed E-state index contributed by atoms with van der Waals surface area (Å²) >= 11 is 0. The largest absolute Gasteiger partial charge is 0.351 e. The molecule has 0 radical (unpaired) electrons. The van der Waals surface area contributed by atoms with E-state index in [2.05, 4.69) is 15.7 Å². The van der Waals surface area contributed by atoms with Crippen LogP contribution in [0, 0.1) is 0 Å². The molecule has 0 bridgehead atoms. The van der Waals surface area contributed by atoms with Gasteiger partial charge in [-0.05, 0) is 25.0 Å². The van der Waals surface area contributed by atoms with Crippen molar-refractivity contribution in [3.05, 3.63) is 36.2 Å². The minimum atomic E-state index is -0.0520. The maximum absolute atomic E-state index is 12.2. The molecule has 5 heteroatoms. The summed E-state index contributed by atoms with van der Waals surface area (Å²) in [5, 5.41) is 10.7. The molecule has 1 fully saturated rings. The molecule has 2 aromatic rings. The molecule has 0 aromatic carbocycles. The molecule has 22 heavy (non-hydrogen) atoms. The zero-order valence-corrected chi connectivity index (χ0v) is 12.9. The lowest BCUT2D eigenvalue weighted by atomic mass is 10.1. The quantitative estimate of drug-likeness (QED) is 0.658. The van der Waals surface area contributed by atoms with Crippen molar-refractivity contribution in [1.82, 2.24) is 20.2 Å². The lowest BCUT2D eigenvalue weighted by Crippen LogP contribution is -2.36. The molecule has 1 amide bonds. The molecule has 118 valence electrons. The Morgan fingerprint density at radius 1 is 1.18 bits per heavy atom. The number of hydrogen-bond donors (Lipinski definition) is 2. The number of carbonyl (C=O) groups excluding carboxylic acids is 1. The Morgan fingerprint density at radius 2 is 2.00 bits per heavy atom. The second-order valence-corrected chi connectivity index (χ2v) is 5.99. The highest BCUT2D eigenvalue weighted by molar-refractivity contribution is 6.00. The topological polar surface area (TPSA) is 58.4 Å². The van der Waals surface area contributed by atoms with Crippen LogP contribution in [-0.4, -0.2) is 34.7 Å². The van der Waals surface area contributed by atoms with Crippen LogP contribution in [0.5, 0.6) is 0 Å². The van der Waals surface area contributed by atoms with Crippen molar-refractivity contribution < 1.29 is 4.79 Å². The Balaban J connectivity index is 1.46.